The van der Waals surface area contributed by atoms with Gasteiger partial charge in [-0.1, -0.05) is 17.8 Å². The number of hydrogen-bond acceptors (Lipinski definition) is 5. The third-order valence-corrected chi connectivity index (χ3v) is 4.40. The number of aryl methyl sites for hydroxylation is 1. The van der Waals surface area contributed by atoms with Crippen molar-refractivity contribution in [2.24, 2.45) is 7.05 Å². The molecular weight excluding hydrogens is 331 g/mol. The molecule has 0 atom stereocenters. The van der Waals surface area contributed by atoms with E-state index in [-0.39, 0.29) is 11.7 Å². The molecule has 0 fully saturated rings. The minimum Gasteiger partial charge on any atom is -0.469 e. The lowest BCUT2D eigenvalue weighted by atomic mass is 10.2. The molecule has 8 heteroatoms. The highest BCUT2D eigenvalue weighted by Gasteiger charge is 2.15. The lowest BCUT2D eigenvalue weighted by Crippen LogP contribution is -2.14. The van der Waals surface area contributed by atoms with Crippen LogP contribution in [0.5, 0.6) is 0 Å². The number of rotatable bonds is 5. The highest BCUT2D eigenvalue weighted by Crippen LogP contribution is 2.25. The normalized spacial score (nSPS) is 10.8. The second kappa shape index (κ2) is 6.88. The molecule has 0 aliphatic heterocycles. The van der Waals surface area contributed by atoms with E-state index in [1.807, 2.05) is 20.0 Å². The van der Waals surface area contributed by atoms with Gasteiger partial charge < -0.3 is 14.3 Å². The lowest BCUT2D eigenvalue weighted by molar-refractivity contribution is -0.113. The summed E-state index contributed by atoms with van der Waals surface area (Å²) in [6.07, 6.45) is 1.60. The summed E-state index contributed by atoms with van der Waals surface area (Å²) in [5.41, 5.74) is 1.29. The standard InChI is InChI=1S/C16H15FN4O2S/c1-10-13(6-7-23-10)15-19-20-16(21(15)2)24-9-14(22)18-12-5-3-4-11(17)8-12/h3-8H,9H2,1-2H3,(H,18,22). The van der Waals surface area contributed by atoms with Gasteiger partial charge in [0.1, 0.15) is 11.6 Å². The molecule has 24 heavy (non-hydrogen) atoms. The van der Waals surface area contributed by atoms with Crippen LogP contribution in [0.25, 0.3) is 11.4 Å². The molecule has 0 saturated heterocycles. The number of nitrogens with zero attached hydrogens (tertiary/aromatic N) is 3. The summed E-state index contributed by atoms with van der Waals surface area (Å²) >= 11 is 1.26. The van der Waals surface area contributed by atoms with Crippen molar-refractivity contribution in [2.75, 3.05) is 11.1 Å². The first-order valence-corrected chi connectivity index (χ1v) is 8.15. The molecule has 3 rings (SSSR count). The Morgan fingerprint density at radius 3 is 2.92 bits per heavy atom. The summed E-state index contributed by atoms with van der Waals surface area (Å²) in [7, 11) is 1.83. The Morgan fingerprint density at radius 2 is 2.21 bits per heavy atom. The molecule has 0 spiro atoms. The lowest BCUT2D eigenvalue weighted by Gasteiger charge is -2.05. The van der Waals surface area contributed by atoms with Crippen LogP contribution in [0.4, 0.5) is 10.1 Å². The zero-order chi connectivity index (χ0) is 17.1. The van der Waals surface area contributed by atoms with Gasteiger partial charge in [0.05, 0.1) is 17.6 Å². The molecule has 1 N–H and O–H groups in total. The number of carbonyl (C=O) groups excluding carboxylic acids is 1. The van der Waals surface area contributed by atoms with Crippen molar-refractivity contribution in [2.45, 2.75) is 12.1 Å². The average molecular weight is 346 g/mol. The monoisotopic (exact) mass is 346 g/mol. The summed E-state index contributed by atoms with van der Waals surface area (Å²) in [5.74, 6) is 0.941. The number of hydrogen-bond donors (Lipinski definition) is 1. The van der Waals surface area contributed by atoms with Crippen molar-refractivity contribution in [3.05, 3.63) is 48.2 Å². The fourth-order valence-corrected chi connectivity index (χ4v) is 2.90. The van der Waals surface area contributed by atoms with Gasteiger partial charge >= 0.3 is 0 Å². The van der Waals surface area contributed by atoms with E-state index in [2.05, 4.69) is 15.5 Å². The van der Waals surface area contributed by atoms with Gasteiger partial charge in [-0.05, 0) is 31.2 Å². The van der Waals surface area contributed by atoms with Gasteiger partial charge in [-0.2, -0.15) is 0 Å². The molecule has 6 nitrogen and oxygen atoms in total. The number of carbonyl (C=O) groups is 1. The third kappa shape index (κ3) is 3.48. The van der Waals surface area contributed by atoms with Gasteiger partial charge in [-0.15, -0.1) is 10.2 Å². The van der Waals surface area contributed by atoms with Crippen LogP contribution >= 0.6 is 11.8 Å². The second-order valence-corrected chi connectivity index (χ2v) is 6.05. The van der Waals surface area contributed by atoms with Crippen LogP contribution in [0, 0.1) is 12.7 Å². The van der Waals surface area contributed by atoms with Gasteiger partial charge in [0.15, 0.2) is 11.0 Å². The summed E-state index contributed by atoms with van der Waals surface area (Å²) in [4.78, 5) is 12.0. The minimum atomic E-state index is -0.395. The molecule has 2 aromatic heterocycles. The minimum absolute atomic E-state index is 0.146. The van der Waals surface area contributed by atoms with Gasteiger partial charge in [0.25, 0.3) is 0 Å². The molecule has 1 aromatic carbocycles. The number of furan rings is 1. The molecule has 1 amide bonds. The van der Waals surface area contributed by atoms with Crippen molar-refractivity contribution < 1.29 is 13.6 Å². The van der Waals surface area contributed by atoms with Crippen LogP contribution in [0.3, 0.4) is 0 Å². The van der Waals surface area contributed by atoms with E-state index in [9.17, 15) is 9.18 Å². The average Bonchev–Trinajstić information content (AvgIpc) is 3.11. The van der Waals surface area contributed by atoms with Crippen molar-refractivity contribution in [1.29, 1.82) is 0 Å². The summed E-state index contributed by atoms with van der Waals surface area (Å²) in [6, 6.07) is 7.59. The topological polar surface area (TPSA) is 72.9 Å². The van der Waals surface area contributed by atoms with Crippen LogP contribution in [-0.2, 0) is 11.8 Å². The number of aromatic nitrogens is 3. The Labute approximate surface area is 142 Å². The van der Waals surface area contributed by atoms with E-state index < -0.39 is 5.82 Å². The van der Waals surface area contributed by atoms with Gasteiger partial charge in [0, 0.05) is 12.7 Å². The van der Waals surface area contributed by atoms with Gasteiger partial charge in [-0.25, -0.2) is 4.39 Å². The molecule has 0 bridgehead atoms. The Balaban J connectivity index is 1.64. The number of amides is 1. The maximum atomic E-state index is 13.1. The van der Waals surface area contributed by atoms with E-state index >= 15 is 0 Å². The molecular formula is C16H15FN4O2S. The van der Waals surface area contributed by atoms with Crippen LogP contribution < -0.4 is 5.32 Å². The maximum Gasteiger partial charge on any atom is 0.234 e. The van der Waals surface area contributed by atoms with Crippen LogP contribution in [-0.4, -0.2) is 26.4 Å². The summed E-state index contributed by atoms with van der Waals surface area (Å²) in [5, 5.41) is 11.5. The SMILES string of the molecule is Cc1occc1-c1nnc(SCC(=O)Nc2cccc(F)c2)n1C. The van der Waals surface area contributed by atoms with E-state index in [0.29, 0.717) is 16.7 Å². The van der Waals surface area contributed by atoms with Crippen molar-refractivity contribution >= 4 is 23.4 Å². The number of thioether (sulfide) groups is 1. The maximum absolute atomic E-state index is 13.1. The van der Waals surface area contributed by atoms with E-state index in [0.717, 1.165) is 11.3 Å². The fraction of sp³-hybridized carbons (Fsp3) is 0.188. The Morgan fingerprint density at radius 1 is 1.38 bits per heavy atom. The predicted molar refractivity (Wildman–Crippen MR) is 89.2 cm³/mol. The molecule has 0 aliphatic rings. The quantitative estimate of drug-likeness (QED) is 0.718. The fourth-order valence-electron chi connectivity index (χ4n) is 2.19. The molecule has 0 radical (unpaired) electrons. The number of anilines is 1. The largest absolute Gasteiger partial charge is 0.469 e. The Hall–Kier alpha value is -2.61. The zero-order valence-electron chi connectivity index (χ0n) is 13.1. The van der Waals surface area contributed by atoms with Crippen LogP contribution in [0.2, 0.25) is 0 Å². The zero-order valence-corrected chi connectivity index (χ0v) is 13.9. The molecule has 0 unspecified atom stereocenters. The molecule has 3 aromatic rings. The highest BCUT2D eigenvalue weighted by atomic mass is 32.2. The molecule has 124 valence electrons. The van der Waals surface area contributed by atoms with Crippen molar-refractivity contribution in [1.82, 2.24) is 14.8 Å². The van der Waals surface area contributed by atoms with E-state index in [1.54, 1.807) is 23.0 Å². The Kier molecular flexibility index (Phi) is 4.66. The smallest absolute Gasteiger partial charge is 0.234 e. The number of nitrogens with one attached hydrogen (secondary N) is 1. The molecule has 0 saturated carbocycles. The predicted octanol–water partition coefficient (Wildman–Crippen LogP) is 3.25. The third-order valence-electron chi connectivity index (χ3n) is 3.38. The summed E-state index contributed by atoms with van der Waals surface area (Å²) < 4.78 is 20.2. The number of benzene rings is 1. The molecule has 0 aliphatic carbocycles. The Bertz CT molecular complexity index is 875. The first kappa shape index (κ1) is 16.3. The van der Waals surface area contributed by atoms with Gasteiger partial charge in [0.2, 0.25) is 5.91 Å². The van der Waals surface area contributed by atoms with Crippen molar-refractivity contribution in [3.8, 4) is 11.4 Å². The first-order chi connectivity index (χ1) is 11.5. The van der Waals surface area contributed by atoms with Gasteiger partial charge in [-0.3, -0.25) is 4.79 Å². The van der Waals surface area contributed by atoms with E-state index in [1.165, 1.54) is 23.9 Å². The van der Waals surface area contributed by atoms with Crippen molar-refractivity contribution in [3.63, 3.8) is 0 Å². The highest BCUT2D eigenvalue weighted by molar-refractivity contribution is 7.99. The van der Waals surface area contributed by atoms with E-state index in [4.69, 9.17) is 4.42 Å². The first-order valence-electron chi connectivity index (χ1n) is 7.16. The second-order valence-electron chi connectivity index (χ2n) is 5.10. The summed E-state index contributed by atoms with van der Waals surface area (Å²) in [6.45, 7) is 1.85. The number of halogens is 1. The molecule has 2 heterocycles. The van der Waals surface area contributed by atoms with Crippen LogP contribution in [0.15, 0.2) is 46.2 Å². The van der Waals surface area contributed by atoms with Crippen LogP contribution in [0.1, 0.15) is 5.76 Å².